The predicted molar refractivity (Wildman–Crippen MR) is 150 cm³/mol. The van der Waals surface area contributed by atoms with Crippen LogP contribution < -0.4 is 16.4 Å². The second kappa shape index (κ2) is 12.7. The topological polar surface area (TPSA) is 108 Å². The van der Waals surface area contributed by atoms with Gasteiger partial charge in [-0.3, -0.25) is 4.79 Å². The molecule has 0 radical (unpaired) electrons. The van der Waals surface area contributed by atoms with E-state index in [-0.39, 0.29) is 17.9 Å². The Kier molecular flexibility index (Phi) is 10.0. The van der Waals surface area contributed by atoms with Crippen LogP contribution in [0.1, 0.15) is 104 Å². The largest absolute Gasteiger partial charge is 0.481 e. The van der Waals surface area contributed by atoms with E-state index in [4.69, 9.17) is 5.73 Å². The molecular formula is C31H57N3O3. The van der Waals surface area contributed by atoms with Crippen molar-refractivity contribution >= 4 is 5.97 Å². The van der Waals surface area contributed by atoms with E-state index in [0.29, 0.717) is 47.0 Å². The third-order valence-electron chi connectivity index (χ3n) is 12.0. The third kappa shape index (κ3) is 6.23. The van der Waals surface area contributed by atoms with Gasteiger partial charge in [-0.25, -0.2) is 0 Å². The molecule has 0 bridgehead atoms. The summed E-state index contributed by atoms with van der Waals surface area (Å²) in [6.07, 6.45) is 14.1. The number of aliphatic hydroxyl groups is 1. The molecule has 4 fully saturated rings. The van der Waals surface area contributed by atoms with Crippen molar-refractivity contribution in [3.8, 4) is 0 Å². The van der Waals surface area contributed by atoms with Gasteiger partial charge in [0.25, 0.3) is 0 Å². The highest BCUT2D eigenvalue weighted by Crippen LogP contribution is 2.68. The summed E-state index contributed by atoms with van der Waals surface area (Å²) in [5.74, 6) is 2.69. The Morgan fingerprint density at radius 1 is 0.973 bits per heavy atom. The summed E-state index contributed by atoms with van der Waals surface area (Å²) in [4.78, 5) is 11.2. The average Bonchev–Trinajstić information content (AvgIpc) is 3.22. The van der Waals surface area contributed by atoms with Gasteiger partial charge in [0.1, 0.15) is 0 Å². The molecule has 6 heteroatoms. The Labute approximate surface area is 226 Å². The first-order valence-electron chi connectivity index (χ1n) is 15.7. The minimum absolute atomic E-state index is 0.169. The molecule has 37 heavy (non-hydrogen) atoms. The van der Waals surface area contributed by atoms with Crippen LogP contribution in [0.15, 0.2) is 0 Å². The zero-order chi connectivity index (χ0) is 26.6. The van der Waals surface area contributed by atoms with Crippen molar-refractivity contribution in [2.24, 2.45) is 52.1 Å². The Hall–Kier alpha value is -0.690. The van der Waals surface area contributed by atoms with Crippen LogP contribution in [0.5, 0.6) is 0 Å². The number of carboxylic acids is 1. The summed E-state index contributed by atoms with van der Waals surface area (Å²) in [5, 5.41) is 28.2. The number of aliphatic carboxylic acids is 1. The van der Waals surface area contributed by atoms with Crippen LogP contribution in [-0.2, 0) is 4.79 Å². The maximum Gasteiger partial charge on any atom is 0.303 e. The van der Waals surface area contributed by atoms with Crippen LogP contribution in [0.2, 0.25) is 0 Å². The maximum absolute atomic E-state index is 11.6. The molecule has 10 atom stereocenters. The number of fused-ring (bicyclic) bond motifs is 5. The summed E-state index contributed by atoms with van der Waals surface area (Å²) in [6, 6.07) is 0.596. The zero-order valence-electron chi connectivity index (χ0n) is 24.0. The maximum atomic E-state index is 11.6. The lowest BCUT2D eigenvalue weighted by Gasteiger charge is -2.62. The highest BCUT2D eigenvalue weighted by Gasteiger charge is 2.62. The molecule has 6 nitrogen and oxygen atoms in total. The van der Waals surface area contributed by atoms with Crippen molar-refractivity contribution in [1.29, 1.82) is 0 Å². The van der Waals surface area contributed by atoms with Crippen molar-refractivity contribution in [1.82, 2.24) is 10.6 Å². The highest BCUT2D eigenvalue weighted by molar-refractivity contribution is 5.66. The lowest BCUT2D eigenvalue weighted by molar-refractivity contribution is -0.167. The molecule has 4 aliphatic carbocycles. The lowest BCUT2D eigenvalue weighted by Crippen LogP contribution is -2.59. The van der Waals surface area contributed by atoms with Crippen LogP contribution in [0.3, 0.4) is 0 Å². The quantitative estimate of drug-likeness (QED) is 0.224. The molecule has 4 saturated carbocycles. The van der Waals surface area contributed by atoms with Gasteiger partial charge in [-0.15, -0.1) is 0 Å². The van der Waals surface area contributed by atoms with E-state index >= 15 is 0 Å². The molecule has 4 aliphatic rings. The molecule has 0 aromatic heterocycles. The Morgan fingerprint density at radius 3 is 2.46 bits per heavy atom. The summed E-state index contributed by atoms with van der Waals surface area (Å²) < 4.78 is 0. The second-order valence-electron chi connectivity index (χ2n) is 14.0. The monoisotopic (exact) mass is 519 g/mol. The number of rotatable bonds is 13. The molecule has 0 heterocycles. The molecule has 8 unspecified atom stereocenters. The van der Waals surface area contributed by atoms with E-state index in [0.717, 1.165) is 45.4 Å². The molecule has 6 N–H and O–H groups in total. The summed E-state index contributed by atoms with van der Waals surface area (Å²) in [5.41, 5.74) is 6.19. The molecule has 4 rings (SSSR count). The first-order chi connectivity index (χ1) is 17.7. The van der Waals surface area contributed by atoms with Gasteiger partial charge in [-0.05, 0) is 150 Å². The summed E-state index contributed by atoms with van der Waals surface area (Å²) in [6.45, 7) is 11.4. The van der Waals surface area contributed by atoms with E-state index < -0.39 is 5.97 Å². The average molecular weight is 520 g/mol. The SMILES string of the molecule is CC(CCC(=O)O)C1CCC2C3C(CC[C@]12C)C1(C)CCC(NCCCNCCCCN)CC1C[C@H]3O. The molecule has 0 aromatic carbocycles. The van der Waals surface area contributed by atoms with E-state index in [2.05, 4.69) is 31.4 Å². The zero-order valence-corrected chi connectivity index (χ0v) is 24.0. The molecule has 0 amide bonds. The Morgan fingerprint density at radius 2 is 1.70 bits per heavy atom. The molecule has 214 valence electrons. The summed E-state index contributed by atoms with van der Waals surface area (Å²) >= 11 is 0. The van der Waals surface area contributed by atoms with E-state index in [1.165, 1.54) is 57.8 Å². The van der Waals surface area contributed by atoms with E-state index in [9.17, 15) is 15.0 Å². The normalized spacial score (nSPS) is 42.0. The van der Waals surface area contributed by atoms with Crippen molar-refractivity contribution in [2.75, 3.05) is 26.2 Å². The fourth-order valence-corrected chi connectivity index (χ4v) is 9.97. The van der Waals surface area contributed by atoms with Crippen LogP contribution >= 0.6 is 0 Å². The lowest BCUT2D eigenvalue weighted by atomic mass is 9.43. The van der Waals surface area contributed by atoms with E-state index in [1.54, 1.807) is 0 Å². The van der Waals surface area contributed by atoms with Gasteiger partial charge in [-0.2, -0.15) is 0 Å². The molecule has 0 aliphatic heterocycles. The molecule has 0 spiro atoms. The minimum Gasteiger partial charge on any atom is -0.481 e. The smallest absolute Gasteiger partial charge is 0.303 e. The van der Waals surface area contributed by atoms with Crippen molar-refractivity contribution in [3.05, 3.63) is 0 Å². The van der Waals surface area contributed by atoms with Crippen molar-refractivity contribution in [2.45, 2.75) is 116 Å². The first kappa shape index (κ1) is 29.3. The van der Waals surface area contributed by atoms with Crippen LogP contribution in [0.4, 0.5) is 0 Å². The van der Waals surface area contributed by atoms with Crippen molar-refractivity contribution in [3.63, 3.8) is 0 Å². The van der Waals surface area contributed by atoms with Crippen LogP contribution in [0, 0.1) is 46.3 Å². The van der Waals surface area contributed by atoms with Gasteiger partial charge >= 0.3 is 5.97 Å². The number of hydrogen-bond acceptors (Lipinski definition) is 5. The standard InChI is InChI=1S/C31H57N3O3/c1-21(7-10-28(36)37)24-8-9-25-29-26(12-14-31(24,25)3)30(2)13-11-23(19-22(30)20-27(29)35)34-18-6-17-33-16-5-4-15-32/h21-27,29,33-35H,4-20,32H2,1-3H3,(H,36,37)/t21?,22?,23?,24?,25?,26?,27-,29?,30?,31-/m1/s1. The molecule has 0 aromatic rings. The van der Waals surface area contributed by atoms with Gasteiger partial charge in [0, 0.05) is 12.5 Å². The van der Waals surface area contributed by atoms with E-state index in [1.807, 2.05) is 0 Å². The molecule has 0 saturated heterocycles. The minimum atomic E-state index is -0.669. The number of carboxylic acid groups (broad SMARTS) is 1. The Bertz CT molecular complexity index is 749. The Balaban J connectivity index is 1.31. The number of hydrogen-bond donors (Lipinski definition) is 5. The highest BCUT2D eigenvalue weighted by atomic mass is 16.4. The molecular weight excluding hydrogens is 462 g/mol. The fraction of sp³-hybridized carbons (Fsp3) is 0.968. The van der Waals surface area contributed by atoms with Crippen LogP contribution in [-0.4, -0.2) is 54.5 Å². The summed E-state index contributed by atoms with van der Waals surface area (Å²) in [7, 11) is 0. The number of unbranched alkanes of at least 4 members (excludes halogenated alkanes) is 1. The third-order valence-corrected chi connectivity index (χ3v) is 12.0. The van der Waals surface area contributed by atoms with Gasteiger partial charge in [0.15, 0.2) is 0 Å². The first-order valence-corrected chi connectivity index (χ1v) is 15.7. The van der Waals surface area contributed by atoms with Crippen molar-refractivity contribution < 1.29 is 15.0 Å². The second-order valence-corrected chi connectivity index (χ2v) is 14.0. The number of carbonyl (C=O) groups is 1. The fourth-order valence-electron chi connectivity index (χ4n) is 9.97. The van der Waals surface area contributed by atoms with Gasteiger partial charge in [-0.1, -0.05) is 20.8 Å². The van der Waals surface area contributed by atoms with Crippen LogP contribution in [0.25, 0.3) is 0 Å². The number of aliphatic hydroxyl groups excluding tert-OH is 1. The van der Waals surface area contributed by atoms with Gasteiger partial charge < -0.3 is 26.6 Å². The number of nitrogens with two attached hydrogens (primary N) is 1. The van der Waals surface area contributed by atoms with Gasteiger partial charge in [0.05, 0.1) is 6.10 Å². The van der Waals surface area contributed by atoms with Gasteiger partial charge in [0.2, 0.25) is 0 Å². The predicted octanol–water partition coefficient (Wildman–Crippen LogP) is 4.79. The number of nitrogens with one attached hydrogen (secondary N) is 2.